The monoisotopic (exact) mass is 174 g/mol. The van der Waals surface area contributed by atoms with E-state index in [1.165, 1.54) is 0 Å². The van der Waals surface area contributed by atoms with E-state index >= 15 is 0 Å². The lowest BCUT2D eigenvalue weighted by atomic mass is 9.85. The third kappa shape index (κ3) is 1.81. The smallest absolute Gasteiger partial charge is 0.0767 e. The number of benzene rings is 1. The first kappa shape index (κ1) is 9.60. The highest BCUT2D eigenvalue weighted by Crippen LogP contribution is 2.25. The number of nitrogens with zero attached hydrogens (tertiary/aromatic N) is 1. The lowest BCUT2D eigenvalue weighted by Gasteiger charge is -2.16. The minimum absolute atomic E-state index is 0.457. The fourth-order valence-corrected chi connectivity index (χ4v) is 1.09. The van der Waals surface area contributed by atoms with E-state index in [9.17, 15) is 0 Å². The molecule has 2 heteroatoms. The molecule has 0 bridgehead atoms. The van der Waals surface area contributed by atoms with Gasteiger partial charge in [-0.2, -0.15) is 5.26 Å². The summed E-state index contributed by atoms with van der Waals surface area (Å²) in [5.74, 6) is 0. The largest absolute Gasteiger partial charge is 0.399 e. The van der Waals surface area contributed by atoms with E-state index in [4.69, 9.17) is 11.0 Å². The first-order valence-corrected chi connectivity index (χ1v) is 4.25. The van der Waals surface area contributed by atoms with Gasteiger partial charge in [0.1, 0.15) is 0 Å². The van der Waals surface area contributed by atoms with E-state index in [1.54, 1.807) is 0 Å². The van der Waals surface area contributed by atoms with Crippen LogP contribution in [0.1, 0.15) is 25.0 Å². The van der Waals surface area contributed by atoms with Gasteiger partial charge in [-0.1, -0.05) is 12.1 Å². The predicted molar refractivity (Wildman–Crippen MR) is 54.2 cm³/mol. The van der Waals surface area contributed by atoms with E-state index in [2.05, 4.69) is 6.07 Å². The molecule has 0 spiro atoms. The van der Waals surface area contributed by atoms with Crippen LogP contribution >= 0.6 is 0 Å². The molecule has 0 fully saturated rings. The van der Waals surface area contributed by atoms with Crippen LogP contribution in [0.2, 0.25) is 0 Å². The maximum absolute atomic E-state index is 8.92. The fourth-order valence-electron chi connectivity index (χ4n) is 1.09. The number of hydrogen-bond donors (Lipinski definition) is 1. The molecular weight excluding hydrogens is 160 g/mol. The van der Waals surface area contributed by atoms with Crippen molar-refractivity contribution < 1.29 is 0 Å². The SMILES string of the molecule is Cc1ccc(C(C)(C)C#N)cc1N. The first-order valence-electron chi connectivity index (χ1n) is 4.25. The van der Waals surface area contributed by atoms with Gasteiger partial charge < -0.3 is 5.73 Å². The highest BCUT2D eigenvalue weighted by Gasteiger charge is 2.19. The van der Waals surface area contributed by atoms with Gasteiger partial charge in [0.2, 0.25) is 0 Å². The molecule has 0 saturated carbocycles. The Hall–Kier alpha value is -1.49. The summed E-state index contributed by atoms with van der Waals surface area (Å²) in [6.45, 7) is 5.73. The maximum atomic E-state index is 8.92. The first-order chi connectivity index (χ1) is 5.97. The topological polar surface area (TPSA) is 49.8 Å². The van der Waals surface area contributed by atoms with Crippen LogP contribution in [0.3, 0.4) is 0 Å². The van der Waals surface area contributed by atoms with Gasteiger partial charge in [-0.05, 0) is 38.0 Å². The van der Waals surface area contributed by atoms with Crippen molar-refractivity contribution in [2.75, 3.05) is 5.73 Å². The predicted octanol–water partition coefficient (Wildman–Crippen LogP) is 2.38. The molecule has 1 aromatic carbocycles. The quantitative estimate of drug-likeness (QED) is 0.664. The van der Waals surface area contributed by atoms with Crippen LogP contribution in [0.25, 0.3) is 0 Å². The lowest BCUT2D eigenvalue weighted by Crippen LogP contribution is -2.14. The van der Waals surface area contributed by atoms with Crippen molar-refractivity contribution in [2.24, 2.45) is 0 Å². The summed E-state index contributed by atoms with van der Waals surface area (Å²) in [6.07, 6.45) is 0. The van der Waals surface area contributed by atoms with Crippen LogP contribution in [0.5, 0.6) is 0 Å². The molecule has 1 rings (SSSR count). The lowest BCUT2D eigenvalue weighted by molar-refractivity contribution is 0.687. The molecule has 0 unspecified atom stereocenters. The van der Waals surface area contributed by atoms with E-state index in [-0.39, 0.29) is 0 Å². The molecule has 68 valence electrons. The van der Waals surface area contributed by atoms with E-state index in [0.29, 0.717) is 0 Å². The zero-order chi connectivity index (χ0) is 10.1. The van der Waals surface area contributed by atoms with Crippen molar-refractivity contribution in [3.63, 3.8) is 0 Å². The standard InChI is InChI=1S/C11H14N2/c1-8-4-5-9(6-10(8)13)11(2,3)7-12/h4-6H,13H2,1-3H3. The van der Waals surface area contributed by atoms with Gasteiger partial charge in [-0.3, -0.25) is 0 Å². The number of hydrogen-bond acceptors (Lipinski definition) is 2. The van der Waals surface area contributed by atoms with Crippen molar-refractivity contribution in [1.82, 2.24) is 0 Å². The van der Waals surface area contributed by atoms with Gasteiger partial charge in [0.15, 0.2) is 0 Å². The van der Waals surface area contributed by atoms with Gasteiger partial charge in [-0.15, -0.1) is 0 Å². The molecule has 0 aliphatic heterocycles. The summed E-state index contributed by atoms with van der Waals surface area (Å²) in [7, 11) is 0. The Morgan fingerprint density at radius 3 is 2.46 bits per heavy atom. The molecule has 13 heavy (non-hydrogen) atoms. The molecule has 0 radical (unpaired) electrons. The average Bonchev–Trinajstić information content (AvgIpc) is 2.09. The van der Waals surface area contributed by atoms with Crippen LogP contribution < -0.4 is 5.73 Å². The highest BCUT2D eigenvalue weighted by atomic mass is 14.6. The third-order valence-corrected chi connectivity index (χ3v) is 2.28. The molecule has 0 amide bonds. The van der Waals surface area contributed by atoms with Crippen molar-refractivity contribution in [3.05, 3.63) is 29.3 Å². The second-order valence-electron chi connectivity index (χ2n) is 3.81. The molecular formula is C11H14N2. The van der Waals surface area contributed by atoms with Crippen molar-refractivity contribution in [2.45, 2.75) is 26.2 Å². The van der Waals surface area contributed by atoms with Crippen molar-refractivity contribution in [3.8, 4) is 6.07 Å². The summed E-state index contributed by atoms with van der Waals surface area (Å²) in [5, 5.41) is 8.92. The van der Waals surface area contributed by atoms with Gasteiger partial charge in [0.25, 0.3) is 0 Å². The van der Waals surface area contributed by atoms with Crippen molar-refractivity contribution in [1.29, 1.82) is 5.26 Å². The van der Waals surface area contributed by atoms with E-state index in [0.717, 1.165) is 16.8 Å². The zero-order valence-electron chi connectivity index (χ0n) is 8.26. The van der Waals surface area contributed by atoms with Gasteiger partial charge in [0.05, 0.1) is 11.5 Å². The third-order valence-electron chi connectivity index (χ3n) is 2.28. The van der Waals surface area contributed by atoms with Crippen LogP contribution in [-0.4, -0.2) is 0 Å². The molecule has 0 aromatic heterocycles. The van der Waals surface area contributed by atoms with Gasteiger partial charge in [0, 0.05) is 5.69 Å². The Kier molecular flexibility index (Phi) is 2.29. The number of nitrogen functional groups attached to an aromatic ring is 1. The molecule has 0 atom stereocenters. The number of nitriles is 1. The summed E-state index contributed by atoms with van der Waals surface area (Å²) in [6, 6.07) is 8.02. The number of nitrogens with two attached hydrogens (primary N) is 1. The highest BCUT2D eigenvalue weighted by molar-refractivity contribution is 5.50. The molecule has 0 saturated heterocycles. The number of aryl methyl sites for hydroxylation is 1. The Morgan fingerprint density at radius 2 is 2.00 bits per heavy atom. The van der Waals surface area contributed by atoms with Gasteiger partial charge >= 0.3 is 0 Å². The molecule has 0 aliphatic carbocycles. The second-order valence-corrected chi connectivity index (χ2v) is 3.81. The second kappa shape index (κ2) is 3.10. The molecule has 0 aliphatic rings. The summed E-state index contributed by atoms with van der Waals surface area (Å²) < 4.78 is 0. The molecule has 2 N–H and O–H groups in total. The van der Waals surface area contributed by atoms with Crippen LogP contribution in [0.15, 0.2) is 18.2 Å². The Balaban J connectivity index is 3.20. The summed E-state index contributed by atoms with van der Waals surface area (Å²) in [5.41, 5.74) is 8.08. The number of anilines is 1. The average molecular weight is 174 g/mol. The molecule has 2 nitrogen and oxygen atoms in total. The van der Waals surface area contributed by atoms with Gasteiger partial charge in [-0.25, -0.2) is 0 Å². The van der Waals surface area contributed by atoms with Crippen molar-refractivity contribution >= 4 is 5.69 Å². The normalized spacial score (nSPS) is 10.9. The van der Waals surface area contributed by atoms with E-state index < -0.39 is 5.41 Å². The molecule has 1 aromatic rings. The summed E-state index contributed by atoms with van der Waals surface area (Å²) in [4.78, 5) is 0. The minimum Gasteiger partial charge on any atom is -0.399 e. The Bertz CT molecular complexity index is 359. The number of rotatable bonds is 1. The summed E-state index contributed by atoms with van der Waals surface area (Å²) >= 11 is 0. The van der Waals surface area contributed by atoms with Crippen LogP contribution in [0, 0.1) is 18.3 Å². The van der Waals surface area contributed by atoms with Crippen LogP contribution in [0.4, 0.5) is 5.69 Å². The van der Waals surface area contributed by atoms with Crippen LogP contribution in [-0.2, 0) is 5.41 Å². The Morgan fingerprint density at radius 1 is 1.38 bits per heavy atom. The van der Waals surface area contributed by atoms with E-state index in [1.807, 2.05) is 39.0 Å². The zero-order valence-corrected chi connectivity index (χ0v) is 8.26. The minimum atomic E-state index is -0.457. The maximum Gasteiger partial charge on any atom is 0.0767 e. The fraction of sp³-hybridized carbons (Fsp3) is 0.364. The Labute approximate surface area is 79.0 Å². The molecule has 0 heterocycles.